The average Bonchev–Trinajstić information content (AvgIpc) is 1.49. The van der Waals surface area contributed by atoms with E-state index in [1.165, 1.54) is 103 Å². The van der Waals surface area contributed by atoms with Crippen LogP contribution >= 0.6 is 0 Å². The molecule has 12 heteroatoms. The summed E-state index contributed by atoms with van der Waals surface area (Å²) in [5.41, 5.74) is 28.5. The molecule has 10 nitrogen and oxygen atoms in total. The monoisotopic (exact) mass is 2030 g/mol. The molecule has 25 rings (SSSR count). The normalized spacial score (nSPS) is 13.2. The summed E-state index contributed by atoms with van der Waals surface area (Å²) < 4.78 is 9.27. The quantitative estimate of drug-likeness (QED) is 0.0752. The number of imidazole rings is 2. The van der Waals surface area contributed by atoms with Gasteiger partial charge in [-0.25, -0.2) is 9.97 Å². The third kappa shape index (κ3) is 14.3. The number of benzene rings is 15. The molecule has 23 aromatic rings. The van der Waals surface area contributed by atoms with Crippen LogP contribution in [0, 0.1) is 24.3 Å². The van der Waals surface area contributed by atoms with E-state index in [9.17, 15) is 0 Å². The number of pyridine rings is 4. The van der Waals surface area contributed by atoms with Crippen LogP contribution in [0.15, 0.2) is 389 Å². The van der Waals surface area contributed by atoms with Gasteiger partial charge >= 0.3 is 42.1 Å². The van der Waals surface area contributed by atoms with Crippen molar-refractivity contribution in [2.45, 2.75) is 76.0 Å². The van der Waals surface area contributed by atoms with Crippen molar-refractivity contribution in [2.24, 2.45) is 0 Å². The van der Waals surface area contributed by atoms with Crippen molar-refractivity contribution in [1.82, 2.24) is 37.9 Å². The van der Waals surface area contributed by atoms with Crippen molar-refractivity contribution >= 4 is 132 Å². The second kappa shape index (κ2) is 35.0. The van der Waals surface area contributed by atoms with Crippen LogP contribution in [0.25, 0.3) is 166 Å². The number of hydrogen-bond acceptors (Lipinski definition) is 6. The summed E-state index contributed by atoms with van der Waals surface area (Å²) in [6, 6.07) is 145. The third-order valence-corrected chi connectivity index (χ3v) is 26.7. The number of rotatable bonds is 15. The van der Waals surface area contributed by atoms with Crippen molar-refractivity contribution in [3.05, 3.63) is 424 Å². The molecule has 0 unspecified atom stereocenters. The minimum atomic E-state index is 0. The molecule has 0 atom stereocenters. The minimum Gasteiger partial charge on any atom is -0.352 e. The standard InChI is InChI=1S/C62H39N5.C56H47N5.2Pt/c1-5-19-42(20-6-1)45-37-53(43-21-7-2-8-22-43)61(54(38-45)44-23-9-3-10-24-44)59-41-64-62-55-39-47(32-34-49(55)50-27-13-16-30-57(50)67(59)62)65(46-25-11-4-12-26-46)48-33-35-52-51-28-14-15-29-56(51)66(58(52)40-48)60-31-17-18-36-63-60;1-4-17-38(18-5-1)43-25-16-26-44(39-19-6-2-7-20-39)55(43)53-37-58-56-49-35-41(30-32-45(49)46-23-10-13-28-51(46)61(53)56)59(40-21-8-3-9-22-40)42-31-33-48-47-24-11-12-27-50(47)60(52(48)36-42)54-29-14-15-34-57-54;;/h1-38,41H;3,8-16,21-34,37-39H,1-2,4-7,17-20H2;;/q2*-2;2*+2. The van der Waals surface area contributed by atoms with Gasteiger partial charge in [0, 0.05) is 69.4 Å². The number of aromatic nitrogens is 8. The summed E-state index contributed by atoms with van der Waals surface area (Å²) in [5, 5.41) is 11.1. The third-order valence-electron chi connectivity index (χ3n) is 26.7. The fourth-order valence-electron chi connectivity index (χ4n) is 21.0. The molecule has 130 heavy (non-hydrogen) atoms. The van der Waals surface area contributed by atoms with Crippen LogP contribution in [-0.4, -0.2) is 37.9 Å². The zero-order valence-electron chi connectivity index (χ0n) is 71.3. The van der Waals surface area contributed by atoms with Crippen molar-refractivity contribution in [3.8, 4) is 67.5 Å². The average molecular weight is 2030 g/mol. The molecule has 0 radical (unpaired) electrons. The van der Waals surface area contributed by atoms with E-state index in [-0.39, 0.29) is 42.1 Å². The van der Waals surface area contributed by atoms with E-state index in [0.717, 1.165) is 172 Å². The van der Waals surface area contributed by atoms with Crippen molar-refractivity contribution in [1.29, 1.82) is 0 Å². The van der Waals surface area contributed by atoms with Crippen LogP contribution < -0.4 is 9.80 Å². The molecule has 0 bridgehead atoms. The zero-order valence-corrected chi connectivity index (χ0v) is 75.8. The summed E-state index contributed by atoms with van der Waals surface area (Å²) in [7, 11) is 0. The Balaban J connectivity index is 0.000000151. The van der Waals surface area contributed by atoms with Crippen LogP contribution in [-0.2, 0) is 42.1 Å². The van der Waals surface area contributed by atoms with Crippen molar-refractivity contribution in [3.63, 3.8) is 0 Å². The SMILES string of the molecule is [Pt+2].[Pt+2].[c-]1c(N(c2[c-]c3c(cc2)c2ccccc2n3-c2ccccn2)c2ccccc2)ccc2c1c1ncc(-c3c(-c4ccccc4)cc(-c4ccccc4)cc3-c3ccccc3)n1c1ccccc21.[c-]1c(N(c2[c-]c3c(cc2)c2ccccc2n3-c2ccccn2)c2ccccc2)ccc2c1c1ncc(-c3c(C4CCCCC4)cccc3C3CCCCC3)n1c1ccccc21. The molecule has 2 fully saturated rings. The van der Waals surface area contributed by atoms with Gasteiger partial charge in [0.2, 0.25) is 0 Å². The van der Waals surface area contributed by atoms with Crippen molar-refractivity contribution in [2.75, 3.05) is 9.80 Å². The van der Waals surface area contributed by atoms with E-state index in [2.05, 4.69) is 404 Å². The molecule has 8 aromatic heterocycles. The van der Waals surface area contributed by atoms with E-state index < -0.39 is 0 Å². The second-order valence-electron chi connectivity index (χ2n) is 34.1. The molecule has 0 saturated heterocycles. The fourth-order valence-corrected chi connectivity index (χ4v) is 21.0. The molecule has 0 amide bonds. The molecule has 2 aliphatic carbocycles. The number of para-hydroxylation sites is 6. The Bertz CT molecular complexity index is 8050. The van der Waals surface area contributed by atoms with E-state index in [1.54, 1.807) is 0 Å². The summed E-state index contributed by atoms with van der Waals surface area (Å²) in [4.78, 5) is 24.9. The summed E-state index contributed by atoms with van der Waals surface area (Å²) >= 11 is 0. The van der Waals surface area contributed by atoms with Gasteiger partial charge in [0.05, 0.1) is 22.7 Å². The Morgan fingerprint density at radius 2 is 0.615 bits per heavy atom. The molecule has 15 aromatic carbocycles. The zero-order chi connectivity index (χ0) is 84.5. The smallest absolute Gasteiger partial charge is 0.352 e. The first-order valence-electron chi connectivity index (χ1n) is 45.0. The number of fused-ring (bicyclic) bond motifs is 18. The fraction of sp³-hybridized carbons (Fsp3) is 0.102. The molecule has 628 valence electrons. The Morgan fingerprint density at radius 3 is 1.02 bits per heavy atom. The van der Waals surface area contributed by atoms with Crippen LogP contribution in [0.2, 0.25) is 0 Å². The minimum absolute atomic E-state index is 0. The maximum atomic E-state index is 5.40. The van der Waals surface area contributed by atoms with Gasteiger partial charge in [-0.3, -0.25) is 9.97 Å². The van der Waals surface area contributed by atoms with Gasteiger partial charge < -0.3 is 27.7 Å². The van der Waals surface area contributed by atoms with Gasteiger partial charge in [0.15, 0.2) is 0 Å². The number of anilines is 6. The van der Waals surface area contributed by atoms with Crippen LogP contribution in [0.3, 0.4) is 0 Å². The molecule has 2 saturated carbocycles. The summed E-state index contributed by atoms with van der Waals surface area (Å²) in [6.45, 7) is 0. The van der Waals surface area contributed by atoms with Crippen LogP contribution in [0.1, 0.15) is 87.2 Å². The van der Waals surface area contributed by atoms with E-state index in [0.29, 0.717) is 11.8 Å². The first-order chi connectivity index (χ1) is 63.6. The molecule has 0 N–H and O–H groups in total. The first kappa shape index (κ1) is 81.4. The molecule has 2 aliphatic rings. The predicted molar refractivity (Wildman–Crippen MR) is 528 cm³/mol. The molecule has 0 aliphatic heterocycles. The van der Waals surface area contributed by atoms with Crippen molar-refractivity contribution < 1.29 is 42.1 Å². The van der Waals surface area contributed by atoms with E-state index in [1.807, 2.05) is 36.7 Å². The Kier molecular flexibility index (Phi) is 21.9. The van der Waals surface area contributed by atoms with E-state index >= 15 is 0 Å². The largest absolute Gasteiger partial charge is 2.00 e. The maximum Gasteiger partial charge on any atom is 2.00 e. The van der Waals surface area contributed by atoms with Gasteiger partial charge in [-0.15, -0.1) is 71.4 Å². The second-order valence-corrected chi connectivity index (χ2v) is 34.1. The summed E-state index contributed by atoms with van der Waals surface area (Å²) in [5.74, 6) is 2.86. The Labute approximate surface area is 783 Å². The van der Waals surface area contributed by atoms with Gasteiger partial charge in [-0.05, 0) is 200 Å². The molecular formula is C118H86N10Pt2. The molecular weight excluding hydrogens is 1950 g/mol. The van der Waals surface area contributed by atoms with Gasteiger partial charge in [0.25, 0.3) is 0 Å². The number of hydrogen-bond donors (Lipinski definition) is 0. The molecule has 8 heterocycles. The predicted octanol–water partition coefficient (Wildman–Crippen LogP) is 30.8. The van der Waals surface area contributed by atoms with Gasteiger partial charge in [-0.2, -0.15) is 12.1 Å². The molecule has 0 spiro atoms. The van der Waals surface area contributed by atoms with Crippen LogP contribution in [0.5, 0.6) is 0 Å². The number of nitrogens with zero attached hydrogens (tertiary/aromatic N) is 10. The summed E-state index contributed by atoms with van der Waals surface area (Å²) in [6.07, 6.45) is 20.9. The Morgan fingerprint density at radius 1 is 0.269 bits per heavy atom. The first-order valence-corrected chi connectivity index (χ1v) is 45.0. The van der Waals surface area contributed by atoms with Gasteiger partial charge in [0.1, 0.15) is 11.6 Å². The topological polar surface area (TPSA) is 76.7 Å². The Hall–Kier alpha value is -14.4. The van der Waals surface area contributed by atoms with Gasteiger partial charge in [-0.1, -0.05) is 313 Å². The maximum absolute atomic E-state index is 5.40. The van der Waals surface area contributed by atoms with E-state index in [4.69, 9.17) is 19.9 Å². The van der Waals surface area contributed by atoms with Crippen LogP contribution in [0.4, 0.5) is 34.1 Å².